The Morgan fingerprint density at radius 1 is 1.17 bits per heavy atom. The first kappa shape index (κ1) is 20.0. The van der Waals surface area contributed by atoms with Crippen LogP contribution in [0, 0.1) is 5.21 Å². The highest BCUT2D eigenvalue weighted by Crippen LogP contribution is 2.45. The molecule has 0 aromatic heterocycles. The summed E-state index contributed by atoms with van der Waals surface area (Å²) in [5.74, 6) is 0. The van der Waals surface area contributed by atoms with E-state index in [1.165, 1.54) is 12.1 Å². The van der Waals surface area contributed by atoms with Gasteiger partial charge in [0.2, 0.25) is 5.54 Å². The molecular weight excluding hydrogens is 348 g/mol. The van der Waals surface area contributed by atoms with Crippen LogP contribution in [0.5, 0.6) is 0 Å². The minimum Gasteiger partial charge on any atom is -0.595 e. The van der Waals surface area contributed by atoms with Gasteiger partial charge < -0.3 is 15.8 Å². The summed E-state index contributed by atoms with van der Waals surface area (Å²) in [5, 5.41) is 20.9. The fourth-order valence-corrected chi connectivity index (χ4v) is 1.92. The smallest absolute Gasteiger partial charge is 0.420 e. The molecule has 2 amide bonds. The van der Waals surface area contributed by atoms with Crippen LogP contribution in [0.1, 0.15) is 13.3 Å². The third-order valence-corrected chi connectivity index (χ3v) is 3.23. The molecule has 0 aliphatic carbocycles. The fraction of sp³-hybridized carbons (Fsp3) is 0.417. The number of benzene rings is 1. The maximum Gasteiger partial charge on any atom is 0.420 e. The molecule has 1 unspecified atom stereocenters. The lowest BCUT2D eigenvalue weighted by molar-refractivity contribution is -0.990. The van der Waals surface area contributed by atoms with Gasteiger partial charge in [0.15, 0.2) is 5.69 Å². The van der Waals surface area contributed by atoms with Gasteiger partial charge in [-0.15, -0.1) is 0 Å². The van der Waals surface area contributed by atoms with Gasteiger partial charge in [0.25, 0.3) is 0 Å². The summed E-state index contributed by atoms with van der Waals surface area (Å²) < 4.78 is 77.5. The maximum atomic E-state index is 12.9. The van der Waals surface area contributed by atoms with E-state index in [0.29, 0.717) is 6.92 Å². The SMILES string of the molecule is CCC(NC(=O)Nc1ccccc1[NH+]([O-])O)(C(F)(F)F)C(F)(F)F. The maximum absolute atomic E-state index is 12.9. The Bertz CT molecular complexity index is 574. The molecule has 1 rings (SSSR count). The molecule has 0 aliphatic rings. The third-order valence-electron chi connectivity index (χ3n) is 3.23. The van der Waals surface area contributed by atoms with Crippen molar-refractivity contribution < 1.29 is 41.6 Å². The zero-order valence-corrected chi connectivity index (χ0v) is 12.0. The van der Waals surface area contributed by atoms with E-state index in [1.54, 1.807) is 5.32 Å². The van der Waals surface area contributed by atoms with Crippen molar-refractivity contribution in [2.75, 3.05) is 5.32 Å². The lowest BCUT2D eigenvalue weighted by atomic mass is 9.94. The second kappa shape index (κ2) is 6.83. The first-order chi connectivity index (χ1) is 10.9. The Balaban J connectivity index is 3.12. The standard InChI is InChI=1S/C12H13F6N3O3/c1-2-10(11(13,14)15,12(16,17)18)20-9(22)19-7-5-3-4-6-8(7)21(23)24/h3-6,21,23H,2H2,1H3,(H2,19,20,22). The van der Waals surface area contributed by atoms with Gasteiger partial charge in [-0.3, -0.25) is 0 Å². The lowest BCUT2D eigenvalue weighted by Gasteiger charge is -2.37. The van der Waals surface area contributed by atoms with Crippen molar-refractivity contribution in [3.8, 4) is 0 Å². The van der Waals surface area contributed by atoms with E-state index in [4.69, 9.17) is 5.21 Å². The van der Waals surface area contributed by atoms with E-state index < -0.39 is 46.9 Å². The van der Waals surface area contributed by atoms with E-state index in [0.717, 1.165) is 17.4 Å². The zero-order chi connectivity index (χ0) is 18.8. The summed E-state index contributed by atoms with van der Waals surface area (Å²) in [5.41, 5.74) is -5.40. The number of carbonyl (C=O) groups excluding carboxylic acids is 1. The predicted molar refractivity (Wildman–Crippen MR) is 69.5 cm³/mol. The molecule has 0 radical (unpaired) electrons. The Kier molecular flexibility index (Phi) is 5.69. The van der Waals surface area contributed by atoms with Crippen LogP contribution >= 0.6 is 0 Å². The molecule has 0 bridgehead atoms. The largest absolute Gasteiger partial charge is 0.595 e. The number of para-hydroxylation sites is 2. The van der Waals surface area contributed by atoms with Gasteiger partial charge >= 0.3 is 18.4 Å². The van der Waals surface area contributed by atoms with E-state index in [9.17, 15) is 36.3 Å². The molecule has 0 fully saturated rings. The zero-order valence-electron chi connectivity index (χ0n) is 12.0. The molecule has 1 aromatic rings. The average Bonchev–Trinajstić information content (AvgIpc) is 2.42. The van der Waals surface area contributed by atoms with E-state index >= 15 is 0 Å². The van der Waals surface area contributed by atoms with Gasteiger partial charge in [0, 0.05) is 6.07 Å². The summed E-state index contributed by atoms with van der Waals surface area (Å²) in [4.78, 5) is 11.6. The number of halogens is 6. The topological polar surface area (TPSA) is 88.9 Å². The number of alkyl halides is 6. The van der Waals surface area contributed by atoms with Gasteiger partial charge in [-0.1, -0.05) is 19.1 Å². The first-order valence-corrected chi connectivity index (χ1v) is 6.40. The Morgan fingerprint density at radius 2 is 1.67 bits per heavy atom. The van der Waals surface area contributed by atoms with Gasteiger partial charge in [-0.05, 0) is 12.5 Å². The summed E-state index contributed by atoms with van der Waals surface area (Å²) in [6.07, 6.45) is -13.1. The lowest BCUT2D eigenvalue weighted by Crippen LogP contribution is -2.99. The normalized spacial score (nSPS) is 14.2. The minimum absolute atomic E-state index is 0.447. The summed E-state index contributed by atoms with van der Waals surface area (Å²) >= 11 is 0. The molecule has 1 atom stereocenters. The van der Waals surface area contributed by atoms with Crippen molar-refractivity contribution in [2.45, 2.75) is 31.2 Å². The number of urea groups is 1. The van der Waals surface area contributed by atoms with Crippen LogP contribution in [-0.2, 0) is 0 Å². The van der Waals surface area contributed by atoms with E-state index in [2.05, 4.69) is 0 Å². The quantitative estimate of drug-likeness (QED) is 0.491. The monoisotopic (exact) mass is 361 g/mol. The first-order valence-electron chi connectivity index (χ1n) is 6.40. The minimum atomic E-state index is -5.80. The van der Waals surface area contributed by atoms with Crippen molar-refractivity contribution in [3.05, 3.63) is 29.5 Å². The van der Waals surface area contributed by atoms with Crippen LogP contribution in [0.3, 0.4) is 0 Å². The summed E-state index contributed by atoms with van der Waals surface area (Å²) in [6, 6.07) is 2.74. The fourth-order valence-electron chi connectivity index (χ4n) is 1.92. The van der Waals surface area contributed by atoms with Crippen LogP contribution in [0.2, 0.25) is 0 Å². The number of amides is 2. The number of carbonyl (C=O) groups is 1. The van der Waals surface area contributed by atoms with Crippen molar-refractivity contribution in [2.24, 2.45) is 0 Å². The van der Waals surface area contributed by atoms with Crippen LogP contribution in [-0.4, -0.2) is 29.1 Å². The number of hydrogen-bond acceptors (Lipinski definition) is 3. The molecule has 4 N–H and O–H groups in total. The van der Waals surface area contributed by atoms with Crippen molar-refractivity contribution in [3.63, 3.8) is 0 Å². The Hall–Kier alpha value is -2.05. The number of nitrogens with one attached hydrogen (secondary N) is 3. The van der Waals surface area contributed by atoms with Gasteiger partial charge in [0.1, 0.15) is 5.69 Å². The van der Waals surface area contributed by atoms with E-state index in [-0.39, 0.29) is 0 Å². The molecule has 0 saturated carbocycles. The predicted octanol–water partition coefficient (Wildman–Crippen LogP) is 2.48. The second-order valence-corrected chi connectivity index (χ2v) is 4.68. The van der Waals surface area contributed by atoms with Crippen LogP contribution in [0.15, 0.2) is 24.3 Å². The third kappa shape index (κ3) is 3.88. The molecule has 0 heterocycles. The highest BCUT2D eigenvalue weighted by atomic mass is 19.4. The summed E-state index contributed by atoms with van der Waals surface area (Å²) in [7, 11) is 0. The van der Waals surface area contributed by atoms with Gasteiger partial charge in [-0.25, -0.2) is 10.0 Å². The Morgan fingerprint density at radius 3 is 2.08 bits per heavy atom. The van der Waals surface area contributed by atoms with Crippen LogP contribution in [0.4, 0.5) is 42.5 Å². The summed E-state index contributed by atoms with van der Waals surface area (Å²) in [6.45, 7) is 0.618. The average molecular weight is 361 g/mol. The van der Waals surface area contributed by atoms with Crippen LogP contribution < -0.4 is 15.9 Å². The van der Waals surface area contributed by atoms with Gasteiger partial charge in [0.05, 0.1) is 0 Å². The molecule has 6 nitrogen and oxygen atoms in total. The number of hydrogen-bond donors (Lipinski definition) is 4. The Labute approximate surface area is 131 Å². The number of anilines is 1. The molecular formula is C12H13F6N3O3. The van der Waals surface area contributed by atoms with E-state index in [1.807, 2.05) is 0 Å². The van der Waals surface area contributed by atoms with Crippen molar-refractivity contribution in [1.82, 2.24) is 5.32 Å². The number of rotatable bonds is 4. The molecule has 12 heteroatoms. The number of quaternary nitrogens is 1. The molecule has 136 valence electrons. The van der Waals surface area contributed by atoms with Gasteiger partial charge in [-0.2, -0.15) is 31.6 Å². The van der Waals surface area contributed by atoms with Crippen LogP contribution in [0.25, 0.3) is 0 Å². The van der Waals surface area contributed by atoms with Crippen molar-refractivity contribution in [1.29, 1.82) is 0 Å². The molecule has 24 heavy (non-hydrogen) atoms. The molecule has 0 spiro atoms. The molecule has 1 aromatic carbocycles. The molecule has 0 aliphatic heterocycles. The molecule has 0 saturated heterocycles. The second-order valence-electron chi connectivity index (χ2n) is 4.68. The highest BCUT2D eigenvalue weighted by Gasteiger charge is 2.70. The highest BCUT2D eigenvalue weighted by molar-refractivity contribution is 5.92. The van der Waals surface area contributed by atoms with Crippen molar-refractivity contribution >= 4 is 17.4 Å².